The lowest BCUT2D eigenvalue weighted by Crippen LogP contribution is -2.14. The lowest BCUT2D eigenvalue weighted by Gasteiger charge is -2.12. The maximum Gasteiger partial charge on any atom is 0.147 e. The Morgan fingerprint density at radius 3 is 2.71 bits per heavy atom. The van der Waals surface area contributed by atoms with Crippen LogP contribution >= 0.6 is 11.6 Å². The van der Waals surface area contributed by atoms with Crippen LogP contribution in [-0.2, 0) is 9.84 Å². The molecular formula is C11H15ClFNO2S. The highest BCUT2D eigenvalue weighted by atomic mass is 35.5. The first-order valence-corrected chi connectivity index (χ1v) is 7.61. The molecule has 1 rings (SSSR count). The van der Waals surface area contributed by atoms with E-state index < -0.39 is 21.7 Å². The maximum absolute atomic E-state index is 13.4. The molecule has 0 aromatic heterocycles. The van der Waals surface area contributed by atoms with Crippen LogP contribution < -0.4 is 5.73 Å². The van der Waals surface area contributed by atoms with E-state index in [9.17, 15) is 12.8 Å². The van der Waals surface area contributed by atoms with Crippen LogP contribution in [0.3, 0.4) is 0 Å². The Balaban J connectivity index is 2.64. The second-order valence-electron chi connectivity index (χ2n) is 4.04. The van der Waals surface area contributed by atoms with E-state index in [1.165, 1.54) is 24.5 Å². The van der Waals surface area contributed by atoms with Gasteiger partial charge in [-0.25, -0.2) is 12.8 Å². The molecule has 1 atom stereocenters. The van der Waals surface area contributed by atoms with E-state index in [0.29, 0.717) is 23.4 Å². The van der Waals surface area contributed by atoms with Gasteiger partial charge in [0.15, 0.2) is 0 Å². The normalized spacial score (nSPS) is 13.6. The third-order valence-corrected chi connectivity index (χ3v) is 3.65. The monoisotopic (exact) mass is 279 g/mol. The molecule has 3 nitrogen and oxygen atoms in total. The molecular weight excluding hydrogens is 265 g/mol. The first-order valence-electron chi connectivity index (χ1n) is 5.18. The Kier molecular flexibility index (Phi) is 4.91. The Morgan fingerprint density at radius 1 is 1.47 bits per heavy atom. The van der Waals surface area contributed by atoms with Gasteiger partial charge in [-0.05, 0) is 31.0 Å². The zero-order valence-corrected chi connectivity index (χ0v) is 11.1. The van der Waals surface area contributed by atoms with Crippen LogP contribution in [0.4, 0.5) is 4.39 Å². The highest BCUT2D eigenvalue weighted by Crippen LogP contribution is 2.23. The topological polar surface area (TPSA) is 60.2 Å². The van der Waals surface area contributed by atoms with Crippen molar-refractivity contribution in [3.05, 3.63) is 34.6 Å². The zero-order valence-electron chi connectivity index (χ0n) is 9.49. The Hall–Kier alpha value is -0.650. The first-order chi connectivity index (χ1) is 7.79. The van der Waals surface area contributed by atoms with Crippen molar-refractivity contribution < 1.29 is 12.8 Å². The van der Waals surface area contributed by atoms with Crippen LogP contribution in [0.15, 0.2) is 18.2 Å². The predicted molar refractivity (Wildman–Crippen MR) is 67.3 cm³/mol. The SMILES string of the molecule is CS(=O)(=O)CCCC(N)c1cc(Cl)ccc1F. The Labute approximate surface area is 106 Å². The summed E-state index contributed by atoms with van der Waals surface area (Å²) in [7, 11) is -3.00. The van der Waals surface area contributed by atoms with Crippen molar-refractivity contribution in [3.8, 4) is 0 Å². The zero-order chi connectivity index (χ0) is 13.1. The quantitative estimate of drug-likeness (QED) is 0.900. The molecule has 0 aliphatic heterocycles. The van der Waals surface area contributed by atoms with Crippen molar-refractivity contribution >= 4 is 21.4 Å². The average molecular weight is 280 g/mol. The number of halogens is 2. The van der Waals surface area contributed by atoms with Crippen molar-refractivity contribution in [1.82, 2.24) is 0 Å². The summed E-state index contributed by atoms with van der Waals surface area (Å²) in [6, 6.07) is 3.65. The van der Waals surface area contributed by atoms with Crippen LogP contribution in [0.5, 0.6) is 0 Å². The molecule has 0 amide bonds. The molecule has 0 saturated heterocycles. The Bertz CT molecular complexity index is 490. The lowest BCUT2D eigenvalue weighted by molar-refractivity contribution is 0.555. The molecule has 17 heavy (non-hydrogen) atoms. The summed E-state index contributed by atoms with van der Waals surface area (Å²) in [5, 5.41) is 0.417. The number of sulfone groups is 1. The van der Waals surface area contributed by atoms with E-state index in [-0.39, 0.29) is 5.75 Å². The summed E-state index contributed by atoms with van der Waals surface area (Å²) in [5.74, 6) is -0.357. The van der Waals surface area contributed by atoms with Crippen LogP contribution in [0.25, 0.3) is 0 Å². The van der Waals surface area contributed by atoms with E-state index in [1.807, 2.05) is 0 Å². The molecule has 0 aliphatic rings. The fourth-order valence-corrected chi connectivity index (χ4v) is 2.39. The van der Waals surface area contributed by atoms with Crippen molar-refractivity contribution in [1.29, 1.82) is 0 Å². The molecule has 0 radical (unpaired) electrons. The molecule has 1 aromatic carbocycles. The third kappa shape index (κ3) is 5.02. The van der Waals surface area contributed by atoms with E-state index in [1.54, 1.807) is 0 Å². The Morgan fingerprint density at radius 2 is 2.12 bits per heavy atom. The van der Waals surface area contributed by atoms with Gasteiger partial charge in [-0.15, -0.1) is 0 Å². The molecule has 0 heterocycles. The number of hydrogen-bond donors (Lipinski definition) is 1. The summed E-state index contributed by atoms with van der Waals surface area (Å²) < 4.78 is 35.3. The van der Waals surface area contributed by atoms with Gasteiger partial charge in [0.2, 0.25) is 0 Å². The highest BCUT2D eigenvalue weighted by molar-refractivity contribution is 7.90. The van der Waals surface area contributed by atoms with Crippen molar-refractivity contribution in [3.63, 3.8) is 0 Å². The van der Waals surface area contributed by atoms with E-state index in [0.717, 1.165) is 0 Å². The second-order valence-corrected chi connectivity index (χ2v) is 6.74. The molecule has 0 saturated carbocycles. The van der Waals surface area contributed by atoms with Gasteiger partial charge in [0.25, 0.3) is 0 Å². The fourth-order valence-electron chi connectivity index (χ4n) is 1.52. The van der Waals surface area contributed by atoms with Crippen LogP contribution in [-0.4, -0.2) is 20.4 Å². The third-order valence-electron chi connectivity index (χ3n) is 2.39. The molecule has 0 spiro atoms. The van der Waals surface area contributed by atoms with Crippen LogP contribution in [0.2, 0.25) is 5.02 Å². The van der Waals surface area contributed by atoms with E-state index in [4.69, 9.17) is 17.3 Å². The summed E-state index contributed by atoms with van der Waals surface area (Å²) >= 11 is 5.75. The minimum Gasteiger partial charge on any atom is -0.324 e. The van der Waals surface area contributed by atoms with Gasteiger partial charge in [0, 0.05) is 28.6 Å². The van der Waals surface area contributed by atoms with E-state index in [2.05, 4.69) is 0 Å². The fraction of sp³-hybridized carbons (Fsp3) is 0.455. The molecule has 1 unspecified atom stereocenters. The summed E-state index contributed by atoms with van der Waals surface area (Å²) in [4.78, 5) is 0. The lowest BCUT2D eigenvalue weighted by atomic mass is 10.0. The second kappa shape index (κ2) is 5.80. The largest absolute Gasteiger partial charge is 0.324 e. The van der Waals surface area contributed by atoms with Crippen LogP contribution in [0.1, 0.15) is 24.4 Å². The molecule has 96 valence electrons. The number of benzene rings is 1. The predicted octanol–water partition coefficient (Wildman–Crippen LogP) is 2.30. The molecule has 1 aromatic rings. The summed E-state index contributed by atoms with van der Waals surface area (Å²) in [5.41, 5.74) is 6.13. The standard InChI is InChI=1S/C11H15ClFNO2S/c1-17(15,16)6-2-3-11(14)9-7-8(12)4-5-10(9)13/h4-5,7,11H,2-3,6,14H2,1H3. The molecule has 6 heteroatoms. The van der Waals surface area contributed by atoms with Crippen molar-refractivity contribution in [2.24, 2.45) is 5.73 Å². The van der Waals surface area contributed by atoms with Crippen molar-refractivity contribution in [2.75, 3.05) is 12.0 Å². The average Bonchev–Trinajstić information content (AvgIpc) is 2.19. The van der Waals surface area contributed by atoms with Gasteiger partial charge < -0.3 is 5.73 Å². The number of rotatable bonds is 5. The summed E-state index contributed by atoms with van der Waals surface area (Å²) in [6.45, 7) is 0. The molecule has 0 aliphatic carbocycles. The number of hydrogen-bond acceptors (Lipinski definition) is 3. The highest BCUT2D eigenvalue weighted by Gasteiger charge is 2.13. The molecule has 2 N–H and O–H groups in total. The minimum absolute atomic E-state index is 0.0584. The van der Waals surface area contributed by atoms with Crippen molar-refractivity contribution in [2.45, 2.75) is 18.9 Å². The van der Waals surface area contributed by atoms with Gasteiger partial charge in [-0.3, -0.25) is 0 Å². The number of nitrogens with two attached hydrogens (primary N) is 1. The van der Waals surface area contributed by atoms with Gasteiger partial charge in [-0.1, -0.05) is 11.6 Å². The molecule has 0 bridgehead atoms. The van der Waals surface area contributed by atoms with Gasteiger partial charge in [-0.2, -0.15) is 0 Å². The summed E-state index contributed by atoms with van der Waals surface area (Å²) in [6.07, 6.45) is 1.98. The van der Waals surface area contributed by atoms with Crippen LogP contribution in [0, 0.1) is 5.82 Å². The molecule has 0 fully saturated rings. The maximum atomic E-state index is 13.4. The smallest absolute Gasteiger partial charge is 0.147 e. The van der Waals surface area contributed by atoms with Gasteiger partial charge in [0.1, 0.15) is 15.7 Å². The van der Waals surface area contributed by atoms with E-state index >= 15 is 0 Å². The first kappa shape index (κ1) is 14.4. The minimum atomic E-state index is -3.00. The van der Waals surface area contributed by atoms with Gasteiger partial charge >= 0.3 is 0 Å². The van der Waals surface area contributed by atoms with Gasteiger partial charge in [0.05, 0.1) is 0 Å².